The zero-order valence-corrected chi connectivity index (χ0v) is 14.1. The normalized spacial score (nSPS) is 20.3. The number of allylic oxidation sites excluding steroid dienone is 2. The zero-order valence-electron chi connectivity index (χ0n) is 14.1. The second-order valence-electron chi connectivity index (χ2n) is 6.73. The van der Waals surface area contributed by atoms with Gasteiger partial charge in [-0.25, -0.2) is 0 Å². The molecule has 6 nitrogen and oxygen atoms in total. The van der Waals surface area contributed by atoms with Gasteiger partial charge in [-0.15, -0.1) is 0 Å². The van der Waals surface area contributed by atoms with Gasteiger partial charge in [-0.3, -0.25) is 14.5 Å². The maximum absolute atomic E-state index is 12.9. The molecule has 0 bridgehead atoms. The van der Waals surface area contributed by atoms with Gasteiger partial charge in [0, 0.05) is 37.3 Å². The van der Waals surface area contributed by atoms with Gasteiger partial charge in [-0.05, 0) is 31.0 Å². The van der Waals surface area contributed by atoms with Crippen LogP contribution >= 0.6 is 0 Å². The van der Waals surface area contributed by atoms with Gasteiger partial charge in [0.2, 0.25) is 5.91 Å². The molecule has 2 aromatic rings. The quantitative estimate of drug-likeness (QED) is 0.803. The lowest BCUT2D eigenvalue weighted by Gasteiger charge is -2.26. The van der Waals surface area contributed by atoms with Gasteiger partial charge in [0.1, 0.15) is 5.75 Å². The van der Waals surface area contributed by atoms with E-state index in [2.05, 4.69) is 22.2 Å². The number of hydrogen-bond donors (Lipinski definition) is 0. The maximum Gasteiger partial charge on any atom is 0.226 e. The molecule has 2 aliphatic rings. The number of pyridine rings is 1. The number of hydrogen-bond acceptors (Lipinski definition) is 4. The van der Waals surface area contributed by atoms with Gasteiger partial charge in [-0.2, -0.15) is 5.10 Å². The lowest BCUT2D eigenvalue weighted by molar-refractivity contribution is -0.136. The van der Waals surface area contributed by atoms with Crippen molar-refractivity contribution >= 4 is 5.91 Å². The molecule has 0 spiro atoms. The van der Waals surface area contributed by atoms with E-state index in [4.69, 9.17) is 4.74 Å². The molecule has 0 saturated heterocycles. The molecule has 3 heterocycles. The smallest absolute Gasteiger partial charge is 0.226 e. The summed E-state index contributed by atoms with van der Waals surface area (Å²) < 4.78 is 7.89. The van der Waals surface area contributed by atoms with Crippen molar-refractivity contribution in [2.45, 2.75) is 25.9 Å². The first kappa shape index (κ1) is 15.9. The predicted molar refractivity (Wildman–Crippen MR) is 92.7 cm³/mol. The van der Waals surface area contributed by atoms with E-state index in [1.54, 1.807) is 18.6 Å². The summed E-state index contributed by atoms with van der Waals surface area (Å²) in [5.74, 6) is 1.28. The second kappa shape index (κ2) is 7.09. The van der Waals surface area contributed by atoms with Crippen LogP contribution in [0.25, 0.3) is 0 Å². The molecule has 130 valence electrons. The highest BCUT2D eigenvalue weighted by Gasteiger charge is 2.30. The molecule has 1 atom stereocenters. The van der Waals surface area contributed by atoms with Crippen molar-refractivity contribution < 1.29 is 9.53 Å². The van der Waals surface area contributed by atoms with Gasteiger partial charge >= 0.3 is 0 Å². The lowest BCUT2D eigenvalue weighted by atomic mass is 10.0. The van der Waals surface area contributed by atoms with Crippen molar-refractivity contribution in [3.63, 3.8) is 0 Å². The Kier molecular flexibility index (Phi) is 4.50. The Morgan fingerprint density at radius 3 is 2.88 bits per heavy atom. The highest BCUT2D eigenvalue weighted by atomic mass is 16.5. The minimum atomic E-state index is 0.0920. The third kappa shape index (κ3) is 3.57. The van der Waals surface area contributed by atoms with E-state index < -0.39 is 0 Å². The third-order valence-electron chi connectivity index (χ3n) is 4.86. The van der Waals surface area contributed by atoms with E-state index in [1.165, 1.54) is 0 Å². The average molecular weight is 338 g/mol. The van der Waals surface area contributed by atoms with Crippen LogP contribution in [0.3, 0.4) is 0 Å². The van der Waals surface area contributed by atoms with E-state index >= 15 is 0 Å². The molecule has 0 unspecified atom stereocenters. The molecule has 0 N–H and O–H groups in total. The van der Waals surface area contributed by atoms with Crippen molar-refractivity contribution in [2.24, 2.45) is 11.8 Å². The number of ether oxygens (including phenoxy) is 1. The Labute approximate surface area is 147 Å². The van der Waals surface area contributed by atoms with Crippen LogP contribution in [0, 0.1) is 11.8 Å². The Hall–Kier alpha value is -2.63. The number of amides is 1. The standard InChI is InChI=1S/C19H22N4O2/c24-19(16-4-1-2-5-16)22-11-15(12-23-17(13-22)7-9-21-23)14-25-18-6-3-8-20-10-18/h1-3,6-10,15-16H,4-5,11-14H2/t15-/m1/s1. The van der Waals surface area contributed by atoms with Crippen LogP contribution in [0.15, 0.2) is 48.9 Å². The lowest BCUT2D eigenvalue weighted by Crippen LogP contribution is -2.38. The van der Waals surface area contributed by atoms with Crippen LogP contribution in [0.1, 0.15) is 18.5 Å². The molecule has 0 aromatic carbocycles. The highest BCUT2D eigenvalue weighted by molar-refractivity contribution is 5.79. The second-order valence-corrected chi connectivity index (χ2v) is 6.73. The molecule has 4 rings (SSSR count). The number of aromatic nitrogens is 3. The van der Waals surface area contributed by atoms with Crippen LogP contribution in [-0.4, -0.2) is 38.7 Å². The largest absolute Gasteiger partial charge is 0.492 e. The van der Waals surface area contributed by atoms with Crippen LogP contribution in [-0.2, 0) is 17.9 Å². The number of rotatable bonds is 4. The van der Waals surface area contributed by atoms with Crippen molar-refractivity contribution in [1.29, 1.82) is 0 Å². The highest BCUT2D eigenvalue weighted by Crippen LogP contribution is 2.24. The zero-order chi connectivity index (χ0) is 17.1. The van der Waals surface area contributed by atoms with Crippen molar-refractivity contribution in [2.75, 3.05) is 13.2 Å². The summed E-state index contributed by atoms with van der Waals surface area (Å²) in [5, 5.41) is 4.41. The molecule has 1 aliphatic heterocycles. The monoisotopic (exact) mass is 338 g/mol. The molecule has 0 saturated carbocycles. The Bertz CT molecular complexity index is 748. The van der Waals surface area contributed by atoms with E-state index in [0.717, 1.165) is 30.8 Å². The number of nitrogens with zero attached hydrogens (tertiary/aromatic N) is 4. The minimum Gasteiger partial charge on any atom is -0.492 e. The summed E-state index contributed by atoms with van der Waals surface area (Å²) in [5.41, 5.74) is 1.09. The van der Waals surface area contributed by atoms with Gasteiger partial charge < -0.3 is 9.64 Å². The number of carbonyl (C=O) groups is 1. The minimum absolute atomic E-state index is 0.0920. The summed E-state index contributed by atoms with van der Waals surface area (Å²) in [6.07, 6.45) is 11.2. The Morgan fingerprint density at radius 2 is 2.08 bits per heavy atom. The first-order chi connectivity index (χ1) is 12.3. The summed E-state index contributed by atoms with van der Waals surface area (Å²) in [7, 11) is 0. The average Bonchev–Trinajstić information content (AvgIpc) is 3.29. The van der Waals surface area contributed by atoms with Gasteiger partial charge in [0.25, 0.3) is 0 Å². The van der Waals surface area contributed by atoms with Gasteiger partial charge in [0.05, 0.1) is 25.0 Å². The molecule has 1 aliphatic carbocycles. The molecular weight excluding hydrogens is 316 g/mol. The molecule has 1 amide bonds. The summed E-state index contributed by atoms with van der Waals surface area (Å²) in [6, 6.07) is 5.75. The summed E-state index contributed by atoms with van der Waals surface area (Å²) >= 11 is 0. The summed E-state index contributed by atoms with van der Waals surface area (Å²) in [6.45, 7) is 2.62. The van der Waals surface area contributed by atoms with Crippen LogP contribution in [0.2, 0.25) is 0 Å². The fourth-order valence-corrected chi connectivity index (χ4v) is 3.53. The van der Waals surface area contributed by atoms with Crippen molar-refractivity contribution in [3.05, 3.63) is 54.6 Å². The number of fused-ring (bicyclic) bond motifs is 1. The van der Waals surface area contributed by atoms with Crippen LogP contribution in [0.5, 0.6) is 5.75 Å². The van der Waals surface area contributed by atoms with E-state index in [9.17, 15) is 4.79 Å². The van der Waals surface area contributed by atoms with E-state index in [1.807, 2.05) is 27.8 Å². The topological polar surface area (TPSA) is 60.2 Å². The molecule has 6 heteroatoms. The third-order valence-corrected chi connectivity index (χ3v) is 4.86. The van der Waals surface area contributed by atoms with Crippen molar-refractivity contribution in [1.82, 2.24) is 19.7 Å². The first-order valence-corrected chi connectivity index (χ1v) is 8.77. The fraction of sp³-hybridized carbons (Fsp3) is 0.421. The first-order valence-electron chi connectivity index (χ1n) is 8.77. The predicted octanol–water partition coefficient (Wildman–Crippen LogP) is 2.28. The fourth-order valence-electron chi connectivity index (χ4n) is 3.53. The molecule has 0 radical (unpaired) electrons. The van der Waals surface area contributed by atoms with Gasteiger partial charge in [-0.1, -0.05) is 12.2 Å². The molecular formula is C19H22N4O2. The van der Waals surface area contributed by atoms with E-state index in [0.29, 0.717) is 19.7 Å². The SMILES string of the molecule is O=C(C1CC=CC1)N1Cc2ccnn2C[C@H](COc2cccnc2)C1. The number of carbonyl (C=O) groups excluding carboxylic acids is 1. The molecule has 0 fully saturated rings. The molecule has 2 aromatic heterocycles. The molecule has 25 heavy (non-hydrogen) atoms. The van der Waals surface area contributed by atoms with Crippen LogP contribution < -0.4 is 4.74 Å². The Morgan fingerprint density at radius 1 is 1.20 bits per heavy atom. The van der Waals surface area contributed by atoms with Crippen LogP contribution in [0.4, 0.5) is 0 Å². The van der Waals surface area contributed by atoms with E-state index in [-0.39, 0.29) is 17.7 Å². The van der Waals surface area contributed by atoms with Crippen molar-refractivity contribution in [3.8, 4) is 5.75 Å². The maximum atomic E-state index is 12.9. The summed E-state index contributed by atoms with van der Waals surface area (Å²) in [4.78, 5) is 19.0. The van der Waals surface area contributed by atoms with Gasteiger partial charge in [0.15, 0.2) is 0 Å². The Balaban J connectivity index is 1.48.